The molecule has 4 heteroatoms. The summed E-state index contributed by atoms with van der Waals surface area (Å²) in [6, 6.07) is 4.07. The first-order valence-corrected chi connectivity index (χ1v) is 7.03. The largest absolute Gasteiger partial charge is 0.493 e. The number of ether oxygens (including phenoxy) is 3. The summed E-state index contributed by atoms with van der Waals surface area (Å²) in [6.07, 6.45) is 1.69. The van der Waals surface area contributed by atoms with Crippen molar-refractivity contribution in [2.24, 2.45) is 0 Å². The lowest BCUT2D eigenvalue weighted by molar-refractivity contribution is -0.0857. The summed E-state index contributed by atoms with van der Waals surface area (Å²) in [5, 5.41) is 0. The van der Waals surface area contributed by atoms with Gasteiger partial charge in [-0.25, -0.2) is 0 Å². The number of hydrogen-bond acceptors (Lipinski definition) is 3. The molecule has 0 saturated heterocycles. The minimum Gasteiger partial charge on any atom is -0.493 e. The lowest BCUT2D eigenvalue weighted by Crippen LogP contribution is -2.34. The van der Waals surface area contributed by atoms with Gasteiger partial charge in [-0.15, -0.1) is 11.6 Å². The van der Waals surface area contributed by atoms with E-state index in [9.17, 15) is 0 Å². The Kier molecular flexibility index (Phi) is 4.26. The molecule has 106 valence electrons. The van der Waals surface area contributed by atoms with Crippen LogP contribution in [-0.2, 0) is 11.2 Å². The van der Waals surface area contributed by atoms with E-state index in [4.69, 9.17) is 25.8 Å². The Hall–Kier alpha value is -0.930. The number of rotatable bonds is 4. The minimum absolute atomic E-state index is 0.0241. The number of hydrogen-bond donors (Lipinski definition) is 0. The molecule has 19 heavy (non-hydrogen) atoms. The van der Waals surface area contributed by atoms with E-state index in [2.05, 4.69) is 19.9 Å². The van der Waals surface area contributed by atoms with Crippen molar-refractivity contribution in [2.45, 2.75) is 38.4 Å². The molecule has 1 aromatic carbocycles. The van der Waals surface area contributed by atoms with Crippen molar-refractivity contribution >= 4 is 11.6 Å². The highest BCUT2D eigenvalue weighted by Crippen LogP contribution is 2.42. The molecule has 0 bridgehead atoms. The summed E-state index contributed by atoms with van der Waals surface area (Å²) in [5.41, 5.74) is 2.24. The van der Waals surface area contributed by atoms with Crippen molar-refractivity contribution in [3.05, 3.63) is 23.3 Å². The van der Waals surface area contributed by atoms with Gasteiger partial charge in [0.25, 0.3) is 0 Å². The van der Waals surface area contributed by atoms with Gasteiger partial charge in [-0.2, -0.15) is 0 Å². The average molecular weight is 285 g/mol. The molecule has 1 aliphatic heterocycles. The second kappa shape index (κ2) is 5.59. The van der Waals surface area contributed by atoms with Gasteiger partial charge >= 0.3 is 0 Å². The normalized spacial score (nSPS) is 20.8. The van der Waals surface area contributed by atoms with Crippen LogP contribution in [0.1, 0.15) is 37.5 Å². The van der Waals surface area contributed by atoms with Gasteiger partial charge in [-0.1, -0.05) is 0 Å². The van der Waals surface area contributed by atoms with Crippen molar-refractivity contribution in [2.75, 3.05) is 20.1 Å². The molecule has 1 heterocycles. The molecule has 0 aliphatic carbocycles. The number of benzene rings is 1. The van der Waals surface area contributed by atoms with Gasteiger partial charge in [0.15, 0.2) is 11.5 Å². The van der Waals surface area contributed by atoms with Gasteiger partial charge in [-0.3, -0.25) is 0 Å². The first-order valence-electron chi connectivity index (χ1n) is 6.49. The molecule has 0 saturated carbocycles. The molecule has 1 aromatic rings. The maximum absolute atomic E-state index is 6.13. The lowest BCUT2D eigenvalue weighted by Gasteiger charge is -2.38. The van der Waals surface area contributed by atoms with E-state index in [1.807, 2.05) is 6.07 Å². The second-order valence-electron chi connectivity index (χ2n) is 5.43. The Bertz CT molecular complexity index is 457. The van der Waals surface area contributed by atoms with E-state index in [1.165, 1.54) is 5.56 Å². The van der Waals surface area contributed by atoms with Gasteiger partial charge in [0.05, 0.1) is 25.9 Å². The van der Waals surface area contributed by atoms with Crippen molar-refractivity contribution in [1.82, 2.24) is 0 Å². The number of alkyl halides is 1. The maximum Gasteiger partial charge on any atom is 0.161 e. The van der Waals surface area contributed by atoms with Gasteiger partial charge in [0.2, 0.25) is 0 Å². The van der Waals surface area contributed by atoms with Crippen LogP contribution >= 0.6 is 11.6 Å². The zero-order valence-corrected chi connectivity index (χ0v) is 12.7. The van der Waals surface area contributed by atoms with Crippen molar-refractivity contribution in [3.8, 4) is 11.5 Å². The fourth-order valence-corrected chi connectivity index (χ4v) is 2.85. The summed E-state index contributed by atoms with van der Waals surface area (Å²) < 4.78 is 16.9. The quantitative estimate of drug-likeness (QED) is 0.789. The number of methoxy groups -OCH3 is 2. The van der Waals surface area contributed by atoms with E-state index < -0.39 is 0 Å². The molecule has 0 radical (unpaired) electrons. The molecule has 0 spiro atoms. The smallest absolute Gasteiger partial charge is 0.161 e. The number of halogens is 1. The Labute approximate surface area is 119 Å². The van der Waals surface area contributed by atoms with Crippen LogP contribution < -0.4 is 9.47 Å². The van der Waals surface area contributed by atoms with Crippen LogP contribution in [-0.4, -0.2) is 25.7 Å². The van der Waals surface area contributed by atoms with Gasteiger partial charge in [-0.05, 0) is 43.5 Å². The summed E-state index contributed by atoms with van der Waals surface area (Å²) in [5.74, 6) is 2.09. The highest BCUT2D eigenvalue weighted by molar-refractivity contribution is 6.17. The van der Waals surface area contributed by atoms with Crippen LogP contribution in [0.2, 0.25) is 0 Å². The Morgan fingerprint density at radius 1 is 1.26 bits per heavy atom. The third-order valence-electron chi connectivity index (χ3n) is 3.44. The van der Waals surface area contributed by atoms with Crippen LogP contribution in [0.25, 0.3) is 0 Å². The number of fused-ring (bicyclic) bond motifs is 1. The fraction of sp³-hybridized carbons (Fsp3) is 0.600. The summed E-state index contributed by atoms with van der Waals surface area (Å²) >= 11 is 5.89. The van der Waals surface area contributed by atoms with Crippen molar-refractivity contribution in [1.29, 1.82) is 0 Å². The van der Waals surface area contributed by atoms with Gasteiger partial charge < -0.3 is 14.2 Å². The minimum atomic E-state index is -0.177. The first-order chi connectivity index (χ1) is 9.00. The third-order valence-corrected chi connectivity index (χ3v) is 3.66. The fourth-order valence-electron chi connectivity index (χ4n) is 2.65. The van der Waals surface area contributed by atoms with E-state index in [0.29, 0.717) is 5.88 Å². The molecular formula is C15H21ClO3. The van der Waals surface area contributed by atoms with Crippen molar-refractivity contribution in [3.63, 3.8) is 0 Å². The zero-order valence-electron chi connectivity index (χ0n) is 12.0. The molecule has 0 amide bonds. The lowest BCUT2D eigenvalue weighted by atomic mass is 9.87. The van der Waals surface area contributed by atoms with E-state index in [0.717, 1.165) is 29.9 Å². The average Bonchev–Trinajstić information content (AvgIpc) is 2.36. The Morgan fingerprint density at radius 2 is 1.89 bits per heavy atom. The second-order valence-corrected chi connectivity index (χ2v) is 5.80. The van der Waals surface area contributed by atoms with Crippen LogP contribution in [0.3, 0.4) is 0 Å². The van der Waals surface area contributed by atoms with Crippen LogP contribution in [0.5, 0.6) is 11.5 Å². The molecule has 0 N–H and O–H groups in total. The standard InChI is InChI=1S/C15H21ClO3/c1-15(2)9-10-7-13(17-3)14(18-4)8-11(10)12(19-15)5-6-16/h7-8,12H,5-6,9H2,1-4H3/t12-/m0/s1. The van der Waals surface area contributed by atoms with Crippen LogP contribution in [0, 0.1) is 0 Å². The first kappa shape index (κ1) is 14.5. The summed E-state index contributed by atoms with van der Waals surface area (Å²) in [6.45, 7) is 4.21. The molecule has 2 rings (SSSR count). The van der Waals surface area contributed by atoms with Gasteiger partial charge in [0, 0.05) is 12.3 Å². The SMILES string of the molecule is COc1cc2c(cc1OC)[C@H](CCCl)OC(C)(C)C2. The van der Waals surface area contributed by atoms with E-state index in [1.54, 1.807) is 14.2 Å². The predicted molar refractivity (Wildman–Crippen MR) is 76.5 cm³/mol. The topological polar surface area (TPSA) is 27.7 Å². The van der Waals surface area contributed by atoms with Crippen LogP contribution in [0.4, 0.5) is 0 Å². The highest BCUT2D eigenvalue weighted by atomic mass is 35.5. The zero-order chi connectivity index (χ0) is 14.0. The summed E-state index contributed by atoms with van der Waals surface area (Å²) in [7, 11) is 3.30. The molecule has 0 unspecified atom stereocenters. The molecule has 1 atom stereocenters. The third kappa shape index (κ3) is 2.98. The monoisotopic (exact) mass is 284 g/mol. The van der Waals surface area contributed by atoms with Crippen LogP contribution in [0.15, 0.2) is 12.1 Å². The maximum atomic E-state index is 6.13. The molecule has 3 nitrogen and oxygen atoms in total. The molecule has 1 aliphatic rings. The predicted octanol–water partition coefficient (Wildman–Crippen LogP) is 3.73. The Balaban J connectivity index is 2.47. The highest BCUT2D eigenvalue weighted by Gasteiger charge is 2.33. The van der Waals surface area contributed by atoms with Gasteiger partial charge in [0.1, 0.15) is 0 Å². The van der Waals surface area contributed by atoms with E-state index in [-0.39, 0.29) is 11.7 Å². The van der Waals surface area contributed by atoms with Crippen molar-refractivity contribution < 1.29 is 14.2 Å². The Morgan fingerprint density at radius 3 is 2.47 bits per heavy atom. The summed E-state index contributed by atoms with van der Waals surface area (Å²) in [4.78, 5) is 0. The molecule has 0 fully saturated rings. The van der Waals surface area contributed by atoms with E-state index >= 15 is 0 Å². The molecular weight excluding hydrogens is 264 g/mol. The molecule has 0 aromatic heterocycles.